The summed E-state index contributed by atoms with van der Waals surface area (Å²) in [5.74, 6) is 0.520. The first-order valence-electron chi connectivity index (χ1n) is 8.53. The summed E-state index contributed by atoms with van der Waals surface area (Å²) in [5.41, 5.74) is 0.643. The van der Waals surface area contributed by atoms with Crippen LogP contribution in [0.4, 0.5) is 4.39 Å². The molecule has 0 aliphatic heterocycles. The summed E-state index contributed by atoms with van der Waals surface area (Å²) in [6, 6.07) is 7.12. The monoisotopic (exact) mass is 322 g/mol. The zero-order valence-electron chi connectivity index (χ0n) is 14.9. The lowest BCUT2D eigenvalue weighted by molar-refractivity contribution is 0.292. The van der Waals surface area contributed by atoms with Crippen LogP contribution in [-0.2, 0) is 6.54 Å². The number of guanidine groups is 1. The van der Waals surface area contributed by atoms with E-state index in [2.05, 4.69) is 41.3 Å². The Kier molecular flexibility index (Phi) is 9.29. The standard InChI is InChI=1S/C18H31FN4/c1-5-23(6-2)13-9-10-15(3)22-18(20-4)21-14-16-11-7-8-12-17(16)19/h7-8,11-12,15H,5-6,9-10,13-14H2,1-4H3,(H2,20,21,22). The molecule has 1 aromatic carbocycles. The van der Waals surface area contributed by atoms with E-state index in [0.717, 1.165) is 32.5 Å². The van der Waals surface area contributed by atoms with Gasteiger partial charge in [-0.2, -0.15) is 0 Å². The summed E-state index contributed by atoms with van der Waals surface area (Å²) in [7, 11) is 1.74. The molecule has 0 heterocycles. The topological polar surface area (TPSA) is 39.7 Å². The summed E-state index contributed by atoms with van der Waals surface area (Å²) < 4.78 is 13.6. The number of nitrogens with one attached hydrogen (secondary N) is 2. The zero-order valence-corrected chi connectivity index (χ0v) is 14.9. The van der Waals surface area contributed by atoms with E-state index in [1.807, 2.05) is 6.07 Å². The molecular weight excluding hydrogens is 291 g/mol. The average Bonchev–Trinajstić information content (AvgIpc) is 2.56. The fourth-order valence-corrected chi connectivity index (χ4v) is 2.48. The van der Waals surface area contributed by atoms with E-state index >= 15 is 0 Å². The molecule has 0 spiro atoms. The molecule has 0 bridgehead atoms. The van der Waals surface area contributed by atoms with Crippen molar-refractivity contribution < 1.29 is 4.39 Å². The molecular formula is C18H31FN4. The van der Waals surface area contributed by atoms with Crippen molar-refractivity contribution in [1.82, 2.24) is 15.5 Å². The molecule has 1 unspecified atom stereocenters. The fraction of sp³-hybridized carbons (Fsp3) is 0.611. The van der Waals surface area contributed by atoms with Gasteiger partial charge >= 0.3 is 0 Å². The second kappa shape index (κ2) is 11.0. The second-order valence-electron chi connectivity index (χ2n) is 5.73. The Hall–Kier alpha value is -1.62. The molecule has 0 amide bonds. The van der Waals surface area contributed by atoms with E-state index < -0.39 is 0 Å². The van der Waals surface area contributed by atoms with Crippen molar-refractivity contribution in [3.63, 3.8) is 0 Å². The maximum Gasteiger partial charge on any atom is 0.191 e. The molecule has 0 aromatic heterocycles. The van der Waals surface area contributed by atoms with Crippen molar-refractivity contribution in [3.8, 4) is 0 Å². The summed E-state index contributed by atoms with van der Waals surface area (Å²) in [6.07, 6.45) is 2.23. The molecule has 2 N–H and O–H groups in total. The first-order chi connectivity index (χ1) is 11.1. The van der Waals surface area contributed by atoms with E-state index in [1.54, 1.807) is 19.2 Å². The van der Waals surface area contributed by atoms with Crippen LogP contribution in [0.1, 0.15) is 39.2 Å². The van der Waals surface area contributed by atoms with Gasteiger partial charge in [0.15, 0.2) is 5.96 Å². The van der Waals surface area contributed by atoms with Gasteiger partial charge in [0, 0.05) is 25.2 Å². The Morgan fingerprint density at radius 3 is 2.57 bits per heavy atom. The largest absolute Gasteiger partial charge is 0.354 e. The number of rotatable bonds is 9. The van der Waals surface area contributed by atoms with Crippen LogP contribution in [0.5, 0.6) is 0 Å². The van der Waals surface area contributed by atoms with Crippen LogP contribution < -0.4 is 10.6 Å². The van der Waals surface area contributed by atoms with E-state index in [1.165, 1.54) is 6.07 Å². The van der Waals surface area contributed by atoms with Crippen molar-refractivity contribution in [2.45, 2.75) is 46.2 Å². The minimum Gasteiger partial charge on any atom is -0.354 e. The summed E-state index contributed by atoms with van der Waals surface area (Å²) >= 11 is 0. The van der Waals surface area contributed by atoms with Crippen LogP contribution >= 0.6 is 0 Å². The van der Waals surface area contributed by atoms with Crippen molar-refractivity contribution >= 4 is 5.96 Å². The van der Waals surface area contributed by atoms with Crippen LogP contribution in [0.15, 0.2) is 29.3 Å². The predicted octanol–water partition coefficient (Wildman–Crippen LogP) is 3.00. The minimum atomic E-state index is -0.192. The van der Waals surface area contributed by atoms with Gasteiger partial charge in [0.2, 0.25) is 0 Å². The van der Waals surface area contributed by atoms with E-state index in [0.29, 0.717) is 24.1 Å². The number of aliphatic imine (C=N–C) groups is 1. The third-order valence-electron chi connectivity index (χ3n) is 4.02. The van der Waals surface area contributed by atoms with Crippen molar-refractivity contribution in [1.29, 1.82) is 0 Å². The molecule has 5 heteroatoms. The molecule has 0 fully saturated rings. The molecule has 0 aliphatic carbocycles. The Balaban J connectivity index is 2.34. The normalized spacial score (nSPS) is 13.2. The molecule has 0 saturated carbocycles. The van der Waals surface area contributed by atoms with Crippen molar-refractivity contribution in [2.24, 2.45) is 4.99 Å². The van der Waals surface area contributed by atoms with Crippen molar-refractivity contribution in [2.75, 3.05) is 26.7 Å². The highest BCUT2D eigenvalue weighted by molar-refractivity contribution is 5.79. The Labute approximate surface area is 140 Å². The Morgan fingerprint density at radius 1 is 1.26 bits per heavy atom. The lowest BCUT2D eigenvalue weighted by atomic mass is 10.2. The Morgan fingerprint density at radius 2 is 1.96 bits per heavy atom. The molecule has 1 atom stereocenters. The third-order valence-corrected chi connectivity index (χ3v) is 4.02. The molecule has 0 aliphatic rings. The lowest BCUT2D eigenvalue weighted by Crippen LogP contribution is -2.42. The first-order valence-corrected chi connectivity index (χ1v) is 8.53. The van der Waals surface area contributed by atoms with Crippen LogP contribution in [0.3, 0.4) is 0 Å². The molecule has 4 nitrogen and oxygen atoms in total. The highest BCUT2D eigenvalue weighted by Gasteiger charge is 2.07. The summed E-state index contributed by atoms with van der Waals surface area (Å²) in [4.78, 5) is 6.64. The number of halogens is 1. The fourth-order valence-electron chi connectivity index (χ4n) is 2.48. The van der Waals surface area contributed by atoms with Crippen LogP contribution in [0, 0.1) is 5.82 Å². The number of benzene rings is 1. The number of nitrogens with zero attached hydrogens (tertiary/aromatic N) is 2. The van der Waals surface area contributed by atoms with Gasteiger partial charge < -0.3 is 15.5 Å². The van der Waals surface area contributed by atoms with E-state index in [9.17, 15) is 4.39 Å². The zero-order chi connectivity index (χ0) is 17.1. The quantitative estimate of drug-likeness (QED) is 0.542. The SMILES string of the molecule is CCN(CC)CCCC(C)NC(=NC)NCc1ccccc1F. The average molecular weight is 322 g/mol. The van der Waals surface area contributed by atoms with Gasteiger partial charge in [0.1, 0.15) is 5.82 Å². The molecule has 1 aromatic rings. The summed E-state index contributed by atoms with van der Waals surface area (Å²) in [6.45, 7) is 10.3. The second-order valence-corrected chi connectivity index (χ2v) is 5.73. The maximum atomic E-state index is 13.6. The maximum absolute atomic E-state index is 13.6. The molecule has 0 radical (unpaired) electrons. The van der Waals surface area contributed by atoms with Crippen LogP contribution in [0.25, 0.3) is 0 Å². The van der Waals surface area contributed by atoms with Gasteiger partial charge in [0.25, 0.3) is 0 Å². The van der Waals surface area contributed by atoms with Gasteiger partial charge in [-0.15, -0.1) is 0 Å². The van der Waals surface area contributed by atoms with Crippen LogP contribution in [0.2, 0.25) is 0 Å². The molecule has 1 rings (SSSR count). The number of hydrogen-bond donors (Lipinski definition) is 2. The molecule has 0 saturated heterocycles. The first kappa shape index (κ1) is 19.4. The van der Waals surface area contributed by atoms with E-state index in [-0.39, 0.29) is 5.82 Å². The highest BCUT2D eigenvalue weighted by Crippen LogP contribution is 2.05. The summed E-state index contributed by atoms with van der Waals surface area (Å²) in [5, 5.41) is 6.53. The minimum absolute atomic E-state index is 0.192. The molecule has 130 valence electrons. The van der Waals surface area contributed by atoms with Gasteiger partial charge in [-0.25, -0.2) is 4.39 Å². The van der Waals surface area contributed by atoms with Gasteiger partial charge in [-0.1, -0.05) is 32.0 Å². The van der Waals surface area contributed by atoms with Gasteiger partial charge in [0.05, 0.1) is 0 Å². The van der Waals surface area contributed by atoms with Crippen LogP contribution in [-0.4, -0.2) is 43.6 Å². The van der Waals surface area contributed by atoms with Gasteiger partial charge in [-0.05, 0) is 45.5 Å². The Bertz CT molecular complexity index is 472. The van der Waals surface area contributed by atoms with Gasteiger partial charge in [-0.3, -0.25) is 4.99 Å². The number of hydrogen-bond acceptors (Lipinski definition) is 2. The van der Waals surface area contributed by atoms with Crippen molar-refractivity contribution in [3.05, 3.63) is 35.6 Å². The highest BCUT2D eigenvalue weighted by atomic mass is 19.1. The third kappa shape index (κ3) is 7.46. The predicted molar refractivity (Wildman–Crippen MR) is 96.2 cm³/mol. The van der Waals surface area contributed by atoms with E-state index in [4.69, 9.17) is 0 Å². The smallest absolute Gasteiger partial charge is 0.191 e. The molecule has 23 heavy (non-hydrogen) atoms. The lowest BCUT2D eigenvalue weighted by Gasteiger charge is -2.21.